The largest absolute Gasteiger partial charge is 0.380 e. The molecule has 0 atom stereocenters. The zero-order valence-electron chi connectivity index (χ0n) is 8.87. The molecular formula is C12H16FNO. The molecule has 0 aliphatic carbocycles. The summed E-state index contributed by atoms with van der Waals surface area (Å²) in [5, 5.41) is 2.97. The highest BCUT2D eigenvalue weighted by atomic mass is 19.1. The lowest BCUT2D eigenvalue weighted by atomic mass is 10.3. The van der Waals surface area contributed by atoms with Crippen molar-refractivity contribution in [1.82, 2.24) is 0 Å². The number of halogens is 1. The third kappa shape index (κ3) is 4.61. The molecule has 0 spiro atoms. The van der Waals surface area contributed by atoms with E-state index in [9.17, 15) is 4.39 Å². The first-order valence-corrected chi connectivity index (χ1v) is 5.02. The molecule has 0 fully saturated rings. The minimum Gasteiger partial charge on any atom is -0.380 e. The van der Waals surface area contributed by atoms with E-state index in [4.69, 9.17) is 4.74 Å². The van der Waals surface area contributed by atoms with Crippen LogP contribution in [0.1, 0.15) is 6.92 Å². The van der Waals surface area contributed by atoms with E-state index in [-0.39, 0.29) is 5.82 Å². The number of hydrogen-bond donors (Lipinski definition) is 1. The van der Waals surface area contributed by atoms with E-state index in [0.717, 1.165) is 0 Å². The number of ether oxygens (including phenoxy) is 1. The van der Waals surface area contributed by atoms with Gasteiger partial charge in [-0.15, -0.1) is 0 Å². The Bertz CT molecular complexity index is 312. The first kappa shape index (κ1) is 11.7. The van der Waals surface area contributed by atoms with E-state index in [1.165, 1.54) is 6.07 Å². The molecule has 0 aliphatic heterocycles. The highest BCUT2D eigenvalue weighted by Gasteiger charge is 1.97. The number of para-hydroxylation sites is 1. The Hall–Kier alpha value is -1.35. The highest BCUT2D eigenvalue weighted by molar-refractivity contribution is 5.44. The van der Waals surface area contributed by atoms with Gasteiger partial charge in [-0.1, -0.05) is 24.3 Å². The minimum absolute atomic E-state index is 0.231. The van der Waals surface area contributed by atoms with Gasteiger partial charge in [0.15, 0.2) is 0 Å². The van der Waals surface area contributed by atoms with Gasteiger partial charge in [0.1, 0.15) is 5.82 Å². The molecule has 0 radical (unpaired) electrons. The second kappa shape index (κ2) is 7.01. The van der Waals surface area contributed by atoms with Crippen LogP contribution in [-0.4, -0.2) is 19.8 Å². The predicted molar refractivity (Wildman–Crippen MR) is 60.5 cm³/mol. The van der Waals surface area contributed by atoms with Crippen LogP contribution in [0.5, 0.6) is 0 Å². The van der Waals surface area contributed by atoms with Crippen molar-refractivity contribution in [3.8, 4) is 0 Å². The van der Waals surface area contributed by atoms with Gasteiger partial charge in [0.25, 0.3) is 0 Å². The molecule has 1 aromatic carbocycles. The van der Waals surface area contributed by atoms with Crippen molar-refractivity contribution in [2.45, 2.75) is 6.92 Å². The first-order valence-electron chi connectivity index (χ1n) is 5.02. The lowest BCUT2D eigenvalue weighted by molar-refractivity contribution is 0.173. The average molecular weight is 209 g/mol. The molecule has 0 saturated heterocycles. The molecule has 2 nitrogen and oxygen atoms in total. The third-order valence-electron chi connectivity index (χ3n) is 1.89. The molecule has 82 valence electrons. The van der Waals surface area contributed by atoms with E-state index >= 15 is 0 Å². The number of allylic oxidation sites excluding steroid dienone is 1. The Labute approximate surface area is 89.8 Å². The quantitative estimate of drug-likeness (QED) is 0.574. The summed E-state index contributed by atoms with van der Waals surface area (Å²) in [4.78, 5) is 0. The third-order valence-corrected chi connectivity index (χ3v) is 1.89. The molecule has 0 aromatic heterocycles. The van der Waals surface area contributed by atoms with E-state index < -0.39 is 0 Å². The van der Waals surface area contributed by atoms with Crippen molar-refractivity contribution < 1.29 is 9.13 Å². The number of anilines is 1. The minimum atomic E-state index is -0.231. The maximum Gasteiger partial charge on any atom is 0.146 e. The van der Waals surface area contributed by atoms with Gasteiger partial charge in [0.05, 0.1) is 18.9 Å². The summed E-state index contributed by atoms with van der Waals surface area (Å²) < 4.78 is 18.4. The van der Waals surface area contributed by atoms with Crippen molar-refractivity contribution >= 4 is 5.69 Å². The summed E-state index contributed by atoms with van der Waals surface area (Å²) in [7, 11) is 0. The summed E-state index contributed by atoms with van der Waals surface area (Å²) in [5.41, 5.74) is 0.520. The van der Waals surface area contributed by atoms with Crippen LogP contribution in [-0.2, 0) is 4.74 Å². The molecule has 15 heavy (non-hydrogen) atoms. The summed E-state index contributed by atoms with van der Waals surface area (Å²) in [6.45, 7) is 3.73. The van der Waals surface area contributed by atoms with Crippen LogP contribution < -0.4 is 5.32 Å². The van der Waals surface area contributed by atoms with Gasteiger partial charge in [-0.2, -0.15) is 0 Å². The van der Waals surface area contributed by atoms with Crippen molar-refractivity contribution in [3.63, 3.8) is 0 Å². The number of rotatable bonds is 6. The second-order valence-electron chi connectivity index (χ2n) is 3.05. The lowest BCUT2D eigenvalue weighted by Gasteiger charge is -2.06. The fourth-order valence-electron chi connectivity index (χ4n) is 1.11. The second-order valence-corrected chi connectivity index (χ2v) is 3.05. The summed E-state index contributed by atoms with van der Waals surface area (Å²) in [5.74, 6) is -0.231. The summed E-state index contributed by atoms with van der Waals surface area (Å²) in [6, 6.07) is 6.61. The average Bonchev–Trinajstić information content (AvgIpc) is 2.25. The first-order chi connectivity index (χ1) is 7.34. The van der Waals surface area contributed by atoms with Gasteiger partial charge in [-0.25, -0.2) is 4.39 Å². The molecular weight excluding hydrogens is 193 g/mol. The van der Waals surface area contributed by atoms with Crippen molar-refractivity contribution in [1.29, 1.82) is 0 Å². The molecule has 3 heteroatoms. The Morgan fingerprint density at radius 1 is 1.40 bits per heavy atom. The normalized spacial score (nSPS) is 10.8. The number of nitrogens with one attached hydrogen (secondary N) is 1. The topological polar surface area (TPSA) is 21.3 Å². The van der Waals surface area contributed by atoms with Crippen LogP contribution in [0.4, 0.5) is 10.1 Å². The van der Waals surface area contributed by atoms with Crippen LogP contribution in [0.2, 0.25) is 0 Å². The van der Waals surface area contributed by atoms with E-state index in [0.29, 0.717) is 25.4 Å². The lowest BCUT2D eigenvalue weighted by Crippen LogP contribution is -2.10. The Morgan fingerprint density at radius 2 is 2.20 bits per heavy atom. The predicted octanol–water partition coefficient (Wildman–Crippen LogP) is 2.83. The molecule has 1 aromatic rings. The smallest absolute Gasteiger partial charge is 0.146 e. The van der Waals surface area contributed by atoms with Gasteiger partial charge in [0, 0.05) is 6.54 Å². The zero-order chi connectivity index (χ0) is 10.9. The highest BCUT2D eigenvalue weighted by Crippen LogP contribution is 2.11. The SMILES string of the molecule is CC=CCOCCNc1ccccc1F. The van der Waals surface area contributed by atoms with E-state index in [2.05, 4.69) is 5.32 Å². The van der Waals surface area contributed by atoms with Gasteiger partial charge in [-0.05, 0) is 19.1 Å². The maximum absolute atomic E-state index is 13.1. The molecule has 1 rings (SSSR count). The molecule has 0 heterocycles. The van der Waals surface area contributed by atoms with Crippen LogP contribution in [0.3, 0.4) is 0 Å². The standard InChI is InChI=1S/C12H16FNO/c1-2-3-9-15-10-8-14-12-7-5-4-6-11(12)13/h2-7,14H,8-10H2,1H3. The van der Waals surface area contributed by atoms with Crippen molar-refractivity contribution in [2.24, 2.45) is 0 Å². The Kier molecular flexibility index (Phi) is 5.48. The molecule has 0 unspecified atom stereocenters. The van der Waals surface area contributed by atoms with Gasteiger partial charge in [-0.3, -0.25) is 0 Å². The van der Waals surface area contributed by atoms with Gasteiger partial charge in [0.2, 0.25) is 0 Å². The molecule has 0 bridgehead atoms. The summed E-state index contributed by atoms with van der Waals surface area (Å²) >= 11 is 0. The van der Waals surface area contributed by atoms with Crippen LogP contribution in [0.25, 0.3) is 0 Å². The Morgan fingerprint density at radius 3 is 2.93 bits per heavy atom. The maximum atomic E-state index is 13.1. The van der Waals surface area contributed by atoms with Crippen LogP contribution in [0.15, 0.2) is 36.4 Å². The molecule has 0 amide bonds. The zero-order valence-corrected chi connectivity index (χ0v) is 8.87. The fourth-order valence-corrected chi connectivity index (χ4v) is 1.11. The van der Waals surface area contributed by atoms with E-state index in [1.807, 2.05) is 19.1 Å². The van der Waals surface area contributed by atoms with E-state index in [1.54, 1.807) is 18.2 Å². The van der Waals surface area contributed by atoms with Crippen molar-refractivity contribution in [3.05, 3.63) is 42.2 Å². The monoisotopic (exact) mass is 209 g/mol. The fraction of sp³-hybridized carbons (Fsp3) is 0.333. The summed E-state index contributed by atoms with van der Waals surface area (Å²) in [6.07, 6.45) is 3.87. The molecule has 0 saturated carbocycles. The van der Waals surface area contributed by atoms with Gasteiger partial charge >= 0.3 is 0 Å². The Balaban J connectivity index is 2.18. The van der Waals surface area contributed by atoms with Crippen LogP contribution in [0, 0.1) is 5.82 Å². The van der Waals surface area contributed by atoms with Gasteiger partial charge < -0.3 is 10.1 Å². The molecule has 1 N–H and O–H groups in total. The number of hydrogen-bond acceptors (Lipinski definition) is 2. The molecule has 0 aliphatic rings. The number of benzene rings is 1. The van der Waals surface area contributed by atoms with Crippen molar-refractivity contribution in [2.75, 3.05) is 25.1 Å². The van der Waals surface area contributed by atoms with Crippen LogP contribution >= 0.6 is 0 Å².